The van der Waals surface area contributed by atoms with Gasteiger partial charge in [0, 0.05) is 24.2 Å². The van der Waals surface area contributed by atoms with E-state index in [1.165, 1.54) is 0 Å². The van der Waals surface area contributed by atoms with Crippen LogP contribution in [-0.4, -0.2) is 42.5 Å². The number of aromatic nitrogens is 2. The van der Waals surface area contributed by atoms with Gasteiger partial charge in [-0.1, -0.05) is 65.0 Å². The van der Waals surface area contributed by atoms with Crippen molar-refractivity contribution < 1.29 is 13.2 Å². The summed E-state index contributed by atoms with van der Waals surface area (Å²) in [4.78, 5) is 11.8. The second kappa shape index (κ2) is 11.6. The van der Waals surface area contributed by atoms with Gasteiger partial charge in [0.1, 0.15) is 6.61 Å². The van der Waals surface area contributed by atoms with Crippen LogP contribution < -0.4 is 9.46 Å². The molecule has 3 aromatic rings. The number of aryl methyl sites for hydroxylation is 2. The third-order valence-electron chi connectivity index (χ3n) is 7.09. The van der Waals surface area contributed by atoms with E-state index in [-0.39, 0.29) is 22.3 Å². The third-order valence-corrected chi connectivity index (χ3v) is 8.42. The summed E-state index contributed by atoms with van der Waals surface area (Å²) in [6.45, 7) is 17.2. The summed E-state index contributed by atoms with van der Waals surface area (Å²) >= 11 is 0. The zero-order valence-corrected chi connectivity index (χ0v) is 25.1. The summed E-state index contributed by atoms with van der Waals surface area (Å²) in [6.07, 6.45) is 1.96. The highest BCUT2D eigenvalue weighted by molar-refractivity contribution is 7.92. The molecule has 1 atom stereocenters. The molecule has 0 amide bonds. The highest BCUT2D eigenvalue weighted by Gasteiger charge is 2.26. The summed E-state index contributed by atoms with van der Waals surface area (Å²) in [7, 11) is -3.91. The molecule has 4 rings (SSSR count). The van der Waals surface area contributed by atoms with Crippen molar-refractivity contribution in [2.24, 2.45) is 11.3 Å². The Morgan fingerprint density at radius 2 is 1.74 bits per heavy atom. The van der Waals surface area contributed by atoms with Gasteiger partial charge < -0.3 is 4.74 Å². The number of hydrogen-bond donors (Lipinski definition) is 1. The maximum atomic E-state index is 13.5. The molecule has 0 radical (unpaired) electrons. The molecule has 0 unspecified atom stereocenters. The number of nitrogens with zero attached hydrogens (tertiary/aromatic N) is 3. The van der Waals surface area contributed by atoms with Crippen molar-refractivity contribution in [2.45, 2.75) is 78.8 Å². The van der Waals surface area contributed by atoms with E-state index < -0.39 is 10.0 Å². The molecule has 1 aliphatic rings. The fourth-order valence-electron chi connectivity index (χ4n) is 5.03. The van der Waals surface area contributed by atoms with E-state index >= 15 is 0 Å². The van der Waals surface area contributed by atoms with Gasteiger partial charge in [-0.15, -0.1) is 0 Å². The molecule has 0 spiro atoms. The van der Waals surface area contributed by atoms with Crippen molar-refractivity contribution in [3.63, 3.8) is 0 Å². The van der Waals surface area contributed by atoms with Gasteiger partial charge in [0.25, 0.3) is 10.0 Å². The van der Waals surface area contributed by atoms with Gasteiger partial charge >= 0.3 is 0 Å². The second-order valence-corrected chi connectivity index (χ2v) is 14.0. The fourth-order valence-corrected chi connectivity index (χ4v) is 6.05. The van der Waals surface area contributed by atoms with Crippen molar-refractivity contribution in [1.82, 2.24) is 14.9 Å². The molecule has 0 saturated carbocycles. The highest BCUT2D eigenvalue weighted by Crippen LogP contribution is 2.30. The number of sulfonamides is 1. The second-order valence-electron chi connectivity index (χ2n) is 12.3. The van der Waals surface area contributed by atoms with Crippen molar-refractivity contribution in [2.75, 3.05) is 17.9 Å². The number of rotatable bonds is 5. The lowest BCUT2D eigenvalue weighted by Crippen LogP contribution is -2.41. The monoisotopic (exact) mass is 550 g/mol. The molecule has 1 N–H and O–H groups in total. The van der Waals surface area contributed by atoms with Crippen LogP contribution in [0.15, 0.2) is 53.4 Å². The molecular weight excluding hydrogens is 508 g/mol. The van der Waals surface area contributed by atoms with E-state index in [4.69, 9.17) is 4.74 Å². The Morgan fingerprint density at radius 1 is 1.05 bits per heavy atom. The third kappa shape index (κ3) is 7.57. The highest BCUT2D eigenvalue weighted by atomic mass is 32.2. The molecule has 0 saturated heterocycles. The van der Waals surface area contributed by atoms with Crippen LogP contribution in [0.25, 0.3) is 11.3 Å². The Morgan fingerprint density at radius 3 is 2.41 bits per heavy atom. The standard InChI is InChI=1S/C31H42N4O3S/c1-21(2)16-25-20-38-28-18-27(29-22(3)10-8-11-23(29)4)32-30(33-28)34-39(36,37)26-13-9-12-24(17-26)19-35(25)15-14-31(5,6)7/h8-13,17-18,21,25H,14-16,19-20H2,1-7H3,(H,32,33,34)/t25-/m1/s1. The molecule has 210 valence electrons. The fraction of sp³-hybridized carbons (Fsp3) is 0.484. The predicted octanol–water partition coefficient (Wildman–Crippen LogP) is 6.61. The Balaban J connectivity index is 1.84. The van der Waals surface area contributed by atoms with Crippen LogP contribution in [0.5, 0.6) is 5.88 Å². The SMILES string of the molecule is Cc1cccc(C)c1-c1cc2nc(n1)NS(=O)(=O)c1cccc(c1)CN(CCC(C)(C)C)[C@H](CC(C)C)CO2. The van der Waals surface area contributed by atoms with Gasteiger partial charge in [0.05, 0.1) is 10.6 Å². The molecule has 7 nitrogen and oxygen atoms in total. The Labute approximate surface area is 234 Å². The number of hydrogen-bond acceptors (Lipinski definition) is 6. The Bertz CT molecular complexity index is 1390. The van der Waals surface area contributed by atoms with Crippen molar-refractivity contribution >= 4 is 16.0 Å². The minimum absolute atomic E-state index is 0.000184. The van der Waals surface area contributed by atoms with Gasteiger partial charge in [-0.2, -0.15) is 4.98 Å². The van der Waals surface area contributed by atoms with E-state index in [9.17, 15) is 8.42 Å². The van der Waals surface area contributed by atoms with Gasteiger partial charge in [-0.25, -0.2) is 18.1 Å². The molecule has 1 aromatic heterocycles. The zero-order valence-electron chi connectivity index (χ0n) is 24.3. The topological polar surface area (TPSA) is 84.4 Å². The first-order chi connectivity index (χ1) is 18.3. The van der Waals surface area contributed by atoms with Crippen LogP contribution in [0.1, 0.15) is 64.2 Å². The predicted molar refractivity (Wildman–Crippen MR) is 157 cm³/mol. The van der Waals surface area contributed by atoms with Gasteiger partial charge in [0.2, 0.25) is 11.8 Å². The number of benzene rings is 2. The quantitative estimate of drug-likeness (QED) is 0.385. The Kier molecular flexibility index (Phi) is 8.66. The maximum Gasteiger partial charge on any atom is 0.264 e. The first-order valence-electron chi connectivity index (χ1n) is 13.7. The number of nitrogens with one attached hydrogen (secondary N) is 1. The molecule has 1 aliphatic heterocycles. The Hall–Kier alpha value is -2.97. The summed E-state index contributed by atoms with van der Waals surface area (Å²) in [5, 5.41) is 0. The lowest BCUT2D eigenvalue weighted by Gasteiger charge is -2.34. The minimum Gasteiger partial charge on any atom is -0.476 e. The van der Waals surface area contributed by atoms with Crippen molar-refractivity contribution in [3.05, 3.63) is 65.2 Å². The van der Waals surface area contributed by atoms with E-state index in [0.29, 0.717) is 30.6 Å². The van der Waals surface area contributed by atoms with Gasteiger partial charge in [0.15, 0.2) is 0 Å². The van der Waals surface area contributed by atoms with E-state index in [1.807, 2.05) is 44.2 Å². The molecule has 2 heterocycles. The van der Waals surface area contributed by atoms with Crippen LogP contribution in [-0.2, 0) is 16.6 Å². The molecule has 2 aromatic carbocycles. The van der Waals surface area contributed by atoms with Crippen LogP contribution in [0, 0.1) is 25.2 Å². The van der Waals surface area contributed by atoms with Crippen LogP contribution in [0.4, 0.5) is 5.95 Å². The first kappa shape index (κ1) is 29.0. The van der Waals surface area contributed by atoms with Gasteiger partial charge in [-0.3, -0.25) is 4.90 Å². The lowest BCUT2D eigenvalue weighted by molar-refractivity contribution is 0.0969. The molecular formula is C31H42N4O3S. The average Bonchev–Trinajstić information content (AvgIpc) is 2.83. The van der Waals surface area contributed by atoms with Gasteiger partial charge in [-0.05, 0) is 73.4 Å². The van der Waals surface area contributed by atoms with E-state index in [0.717, 1.165) is 41.6 Å². The molecule has 4 bridgehead atoms. The number of ether oxygens (including phenoxy) is 1. The normalized spacial score (nSPS) is 17.9. The zero-order chi connectivity index (χ0) is 28.4. The smallest absolute Gasteiger partial charge is 0.264 e. The maximum absolute atomic E-state index is 13.5. The molecule has 39 heavy (non-hydrogen) atoms. The van der Waals surface area contributed by atoms with Crippen molar-refractivity contribution in [1.29, 1.82) is 0 Å². The van der Waals surface area contributed by atoms with Crippen LogP contribution in [0.3, 0.4) is 0 Å². The van der Waals surface area contributed by atoms with E-state index in [1.54, 1.807) is 18.2 Å². The number of anilines is 1. The first-order valence-corrected chi connectivity index (χ1v) is 15.2. The lowest BCUT2D eigenvalue weighted by atomic mass is 9.91. The summed E-state index contributed by atoms with van der Waals surface area (Å²) < 4.78 is 35.9. The minimum atomic E-state index is -3.91. The van der Waals surface area contributed by atoms with Crippen LogP contribution >= 0.6 is 0 Å². The van der Waals surface area contributed by atoms with Crippen LogP contribution in [0.2, 0.25) is 0 Å². The summed E-state index contributed by atoms with van der Waals surface area (Å²) in [5.74, 6) is 0.821. The summed E-state index contributed by atoms with van der Waals surface area (Å²) in [6, 6.07) is 15.2. The summed E-state index contributed by atoms with van der Waals surface area (Å²) in [5.41, 5.74) is 4.78. The molecule has 0 aliphatic carbocycles. The molecule has 8 heteroatoms. The largest absolute Gasteiger partial charge is 0.476 e. The average molecular weight is 551 g/mol. The van der Waals surface area contributed by atoms with Crippen molar-refractivity contribution in [3.8, 4) is 17.1 Å². The molecule has 0 fully saturated rings. The number of fused-ring (bicyclic) bond motifs is 4. The van der Waals surface area contributed by atoms with E-state index in [2.05, 4.69) is 54.2 Å².